The molecule has 0 fully saturated rings. The van der Waals surface area contributed by atoms with Crippen LogP contribution in [0.1, 0.15) is 36.3 Å². The van der Waals surface area contributed by atoms with Crippen LogP contribution in [0.2, 0.25) is 10.0 Å². The fraction of sp³-hybridized carbons (Fsp3) is 0.235. The minimum Gasteiger partial charge on any atom is -0.264 e. The number of aromatic nitrogens is 1. The van der Waals surface area contributed by atoms with E-state index in [1.165, 1.54) is 0 Å². The lowest BCUT2D eigenvalue weighted by Crippen LogP contribution is -2.10. The molecular formula is C17H15Cl2N. The Balaban J connectivity index is 2.43. The van der Waals surface area contributed by atoms with Crippen LogP contribution in [-0.2, 0) is 0 Å². The van der Waals surface area contributed by atoms with Crippen molar-refractivity contribution in [1.82, 2.24) is 4.98 Å². The van der Waals surface area contributed by atoms with E-state index in [9.17, 15) is 0 Å². The van der Waals surface area contributed by atoms with Gasteiger partial charge in [-0.2, -0.15) is 0 Å². The largest absolute Gasteiger partial charge is 0.264 e. The molecule has 1 heterocycles. The van der Waals surface area contributed by atoms with Crippen molar-refractivity contribution in [2.24, 2.45) is 0 Å². The van der Waals surface area contributed by atoms with Crippen LogP contribution in [0, 0.1) is 12.3 Å². The molecule has 2 atom stereocenters. The summed E-state index contributed by atoms with van der Waals surface area (Å²) < 4.78 is 0. The van der Waals surface area contributed by atoms with E-state index in [0.717, 1.165) is 17.5 Å². The quantitative estimate of drug-likeness (QED) is 0.699. The van der Waals surface area contributed by atoms with E-state index in [4.69, 9.17) is 29.6 Å². The average Bonchev–Trinajstić information content (AvgIpc) is 2.46. The van der Waals surface area contributed by atoms with Gasteiger partial charge in [0.2, 0.25) is 0 Å². The normalized spacial score (nSPS) is 13.5. The number of terminal acetylenes is 1. The maximum Gasteiger partial charge on any atom is 0.0533 e. The molecule has 102 valence electrons. The molecule has 1 aromatic carbocycles. The molecule has 2 rings (SSSR count). The maximum absolute atomic E-state index is 6.32. The van der Waals surface area contributed by atoms with E-state index in [1.807, 2.05) is 30.5 Å². The van der Waals surface area contributed by atoms with Crippen LogP contribution in [0.15, 0.2) is 42.7 Å². The van der Waals surface area contributed by atoms with Gasteiger partial charge in [0.05, 0.1) is 5.92 Å². The first-order chi connectivity index (χ1) is 9.67. The van der Waals surface area contributed by atoms with Gasteiger partial charge in [-0.05, 0) is 35.7 Å². The summed E-state index contributed by atoms with van der Waals surface area (Å²) in [6.07, 6.45) is 10.2. The number of hydrogen-bond acceptors (Lipinski definition) is 1. The molecule has 0 amide bonds. The van der Waals surface area contributed by atoms with E-state index in [-0.39, 0.29) is 11.8 Å². The Morgan fingerprint density at radius 2 is 2.10 bits per heavy atom. The molecule has 1 nitrogen and oxygen atoms in total. The number of benzene rings is 1. The zero-order chi connectivity index (χ0) is 14.5. The highest BCUT2D eigenvalue weighted by Crippen LogP contribution is 2.38. The van der Waals surface area contributed by atoms with E-state index < -0.39 is 0 Å². The Kier molecular flexibility index (Phi) is 5.06. The van der Waals surface area contributed by atoms with Crippen molar-refractivity contribution in [3.05, 3.63) is 63.9 Å². The third-order valence-corrected chi connectivity index (χ3v) is 3.99. The van der Waals surface area contributed by atoms with E-state index in [0.29, 0.717) is 10.0 Å². The Bertz CT molecular complexity index is 617. The van der Waals surface area contributed by atoms with E-state index in [1.54, 1.807) is 12.3 Å². The first kappa shape index (κ1) is 14.9. The van der Waals surface area contributed by atoms with Gasteiger partial charge in [-0.15, -0.1) is 6.42 Å². The molecule has 0 radical (unpaired) electrons. The van der Waals surface area contributed by atoms with Crippen molar-refractivity contribution in [2.75, 3.05) is 0 Å². The number of nitrogens with zero attached hydrogens (tertiary/aromatic N) is 1. The smallest absolute Gasteiger partial charge is 0.0533 e. The van der Waals surface area contributed by atoms with E-state index in [2.05, 4.69) is 17.8 Å². The van der Waals surface area contributed by atoms with Gasteiger partial charge in [-0.1, -0.05) is 48.2 Å². The summed E-state index contributed by atoms with van der Waals surface area (Å²) in [6.45, 7) is 2.11. The summed E-state index contributed by atoms with van der Waals surface area (Å²) >= 11 is 12.3. The highest BCUT2D eigenvalue weighted by atomic mass is 35.5. The van der Waals surface area contributed by atoms with E-state index >= 15 is 0 Å². The van der Waals surface area contributed by atoms with Crippen LogP contribution in [-0.4, -0.2) is 4.98 Å². The molecule has 0 bridgehead atoms. The standard InChI is InChI=1S/C17H15Cl2N/c1-3-14(12-6-5-9-20-11-12)15(4-2)16-8-7-13(18)10-17(16)19/h1,5-11,14-15H,4H2,2H3. The Labute approximate surface area is 130 Å². The molecule has 2 unspecified atom stereocenters. The second-order valence-electron chi connectivity index (χ2n) is 4.61. The van der Waals surface area contributed by atoms with Crippen molar-refractivity contribution >= 4 is 23.2 Å². The van der Waals surface area contributed by atoms with Crippen molar-refractivity contribution in [2.45, 2.75) is 25.2 Å². The van der Waals surface area contributed by atoms with Crippen LogP contribution >= 0.6 is 23.2 Å². The monoisotopic (exact) mass is 303 g/mol. The Morgan fingerprint density at radius 3 is 2.65 bits per heavy atom. The number of rotatable bonds is 4. The van der Waals surface area contributed by atoms with Crippen LogP contribution in [0.3, 0.4) is 0 Å². The molecule has 0 saturated heterocycles. The molecule has 0 spiro atoms. The van der Waals surface area contributed by atoms with Gasteiger partial charge in [0, 0.05) is 28.4 Å². The minimum absolute atomic E-state index is 0.0487. The highest BCUT2D eigenvalue weighted by Gasteiger charge is 2.23. The molecule has 0 aliphatic heterocycles. The second-order valence-corrected chi connectivity index (χ2v) is 5.45. The lowest BCUT2D eigenvalue weighted by atomic mass is 9.81. The zero-order valence-corrected chi connectivity index (χ0v) is 12.7. The number of halogens is 2. The molecule has 0 aliphatic carbocycles. The van der Waals surface area contributed by atoms with Crippen LogP contribution in [0.4, 0.5) is 0 Å². The molecule has 0 N–H and O–H groups in total. The summed E-state index contributed by atoms with van der Waals surface area (Å²) in [4.78, 5) is 4.15. The lowest BCUT2D eigenvalue weighted by Gasteiger charge is -2.23. The first-order valence-corrected chi connectivity index (χ1v) is 7.24. The molecule has 20 heavy (non-hydrogen) atoms. The molecule has 1 aromatic heterocycles. The van der Waals surface area contributed by atoms with Crippen LogP contribution < -0.4 is 0 Å². The average molecular weight is 304 g/mol. The molecular weight excluding hydrogens is 289 g/mol. The van der Waals surface area contributed by atoms with Gasteiger partial charge < -0.3 is 0 Å². The third-order valence-electron chi connectivity index (χ3n) is 3.43. The predicted molar refractivity (Wildman–Crippen MR) is 85.3 cm³/mol. The molecule has 0 aliphatic rings. The lowest BCUT2D eigenvalue weighted by molar-refractivity contribution is 0.611. The molecule has 3 heteroatoms. The maximum atomic E-state index is 6.32. The van der Waals surface area contributed by atoms with Crippen LogP contribution in [0.25, 0.3) is 0 Å². The van der Waals surface area contributed by atoms with Crippen molar-refractivity contribution in [3.63, 3.8) is 0 Å². The topological polar surface area (TPSA) is 12.9 Å². The summed E-state index contributed by atoms with van der Waals surface area (Å²) in [7, 11) is 0. The summed E-state index contributed by atoms with van der Waals surface area (Å²) in [5.41, 5.74) is 2.07. The summed E-state index contributed by atoms with van der Waals surface area (Å²) in [5.74, 6) is 2.98. The zero-order valence-electron chi connectivity index (χ0n) is 11.2. The van der Waals surface area contributed by atoms with Gasteiger partial charge >= 0.3 is 0 Å². The van der Waals surface area contributed by atoms with Gasteiger partial charge in [0.25, 0.3) is 0 Å². The Hall–Kier alpha value is -1.49. The third kappa shape index (κ3) is 3.15. The highest BCUT2D eigenvalue weighted by molar-refractivity contribution is 6.35. The molecule has 0 saturated carbocycles. The van der Waals surface area contributed by atoms with Crippen LogP contribution in [0.5, 0.6) is 0 Å². The SMILES string of the molecule is C#CC(c1cccnc1)C(CC)c1ccc(Cl)cc1Cl. The number of hydrogen-bond donors (Lipinski definition) is 0. The minimum atomic E-state index is -0.0487. The van der Waals surface area contributed by atoms with Gasteiger partial charge in [-0.3, -0.25) is 4.98 Å². The van der Waals surface area contributed by atoms with Crippen molar-refractivity contribution < 1.29 is 0 Å². The number of pyridine rings is 1. The van der Waals surface area contributed by atoms with Gasteiger partial charge in [-0.25, -0.2) is 0 Å². The Morgan fingerprint density at radius 1 is 1.30 bits per heavy atom. The fourth-order valence-electron chi connectivity index (χ4n) is 2.44. The van der Waals surface area contributed by atoms with Crippen molar-refractivity contribution in [1.29, 1.82) is 0 Å². The second kappa shape index (κ2) is 6.79. The first-order valence-electron chi connectivity index (χ1n) is 6.48. The van der Waals surface area contributed by atoms with Gasteiger partial charge in [0.15, 0.2) is 0 Å². The van der Waals surface area contributed by atoms with Gasteiger partial charge in [0.1, 0.15) is 0 Å². The fourth-order valence-corrected chi connectivity index (χ4v) is 2.99. The summed E-state index contributed by atoms with van der Waals surface area (Å²) in [5, 5.41) is 1.29. The van der Waals surface area contributed by atoms with Crippen molar-refractivity contribution in [3.8, 4) is 12.3 Å². The molecule has 2 aromatic rings. The summed E-state index contributed by atoms with van der Waals surface area (Å²) in [6, 6.07) is 9.47. The predicted octanol–water partition coefficient (Wildman–Crippen LogP) is 5.30.